The van der Waals surface area contributed by atoms with Gasteiger partial charge in [0.1, 0.15) is 23.7 Å². The Bertz CT molecular complexity index is 656. The van der Waals surface area contributed by atoms with Gasteiger partial charge in [0.15, 0.2) is 6.23 Å². The van der Waals surface area contributed by atoms with Crippen molar-refractivity contribution in [2.75, 3.05) is 11.5 Å². The van der Waals surface area contributed by atoms with E-state index in [9.17, 15) is 14.3 Å². The van der Waals surface area contributed by atoms with Crippen molar-refractivity contribution in [3.63, 3.8) is 0 Å². The number of aliphatic hydroxyl groups excluding tert-OH is 1. The Kier molecular flexibility index (Phi) is 5.22. The SMILES string of the molecule is CC(C)(C)OC(=O)NC1CCC(N2c3cc(F)cnc3OCC2O)CC1. The molecule has 0 saturated heterocycles. The predicted molar refractivity (Wildman–Crippen MR) is 93.6 cm³/mol. The summed E-state index contributed by atoms with van der Waals surface area (Å²) in [6.07, 6.45) is 2.88. The summed E-state index contributed by atoms with van der Waals surface area (Å²) < 4.78 is 24.3. The summed E-state index contributed by atoms with van der Waals surface area (Å²) in [5.74, 6) is -0.127. The van der Waals surface area contributed by atoms with Crippen LogP contribution in [0.5, 0.6) is 5.88 Å². The van der Waals surface area contributed by atoms with Crippen LogP contribution in [-0.4, -0.2) is 46.7 Å². The molecule has 0 radical (unpaired) electrons. The van der Waals surface area contributed by atoms with Crippen LogP contribution in [0.4, 0.5) is 14.9 Å². The fraction of sp³-hybridized carbons (Fsp3) is 0.667. The van der Waals surface area contributed by atoms with Gasteiger partial charge in [-0.25, -0.2) is 14.2 Å². The number of fused-ring (bicyclic) bond motifs is 1. The molecule has 1 atom stereocenters. The Morgan fingerprint density at radius 1 is 1.38 bits per heavy atom. The fourth-order valence-corrected chi connectivity index (χ4v) is 3.52. The number of rotatable bonds is 2. The lowest BCUT2D eigenvalue weighted by atomic mass is 9.89. The number of ether oxygens (including phenoxy) is 2. The smallest absolute Gasteiger partial charge is 0.407 e. The first-order chi connectivity index (χ1) is 12.2. The number of halogens is 1. The molecule has 0 bridgehead atoms. The first-order valence-corrected chi connectivity index (χ1v) is 8.97. The van der Waals surface area contributed by atoms with Gasteiger partial charge in [-0.3, -0.25) is 0 Å². The Labute approximate surface area is 152 Å². The zero-order valence-electron chi connectivity index (χ0n) is 15.4. The van der Waals surface area contributed by atoms with Gasteiger partial charge in [0.2, 0.25) is 5.88 Å². The maximum absolute atomic E-state index is 13.6. The van der Waals surface area contributed by atoms with Crippen molar-refractivity contribution in [1.82, 2.24) is 10.3 Å². The average molecular weight is 367 g/mol. The van der Waals surface area contributed by atoms with Crippen molar-refractivity contribution in [2.45, 2.75) is 70.4 Å². The number of aliphatic hydroxyl groups is 1. The molecule has 26 heavy (non-hydrogen) atoms. The van der Waals surface area contributed by atoms with Crippen molar-refractivity contribution < 1.29 is 23.8 Å². The summed E-state index contributed by atoms with van der Waals surface area (Å²) in [7, 11) is 0. The van der Waals surface area contributed by atoms with E-state index in [1.165, 1.54) is 6.07 Å². The number of anilines is 1. The average Bonchev–Trinajstić information content (AvgIpc) is 2.54. The van der Waals surface area contributed by atoms with Crippen LogP contribution in [0.3, 0.4) is 0 Å². The zero-order valence-corrected chi connectivity index (χ0v) is 15.4. The molecular weight excluding hydrogens is 341 g/mol. The van der Waals surface area contributed by atoms with Gasteiger partial charge in [-0.05, 0) is 46.5 Å². The topological polar surface area (TPSA) is 83.9 Å². The second-order valence-electron chi connectivity index (χ2n) is 7.83. The lowest BCUT2D eigenvalue weighted by molar-refractivity contribution is 0.0479. The maximum Gasteiger partial charge on any atom is 0.407 e. The number of aromatic nitrogens is 1. The predicted octanol–water partition coefficient (Wildman–Crippen LogP) is 2.57. The third kappa shape index (κ3) is 4.35. The number of amides is 1. The molecule has 2 heterocycles. The minimum absolute atomic E-state index is 0.0318. The number of nitrogens with zero attached hydrogens (tertiary/aromatic N) is 2. The Morgan fingerprint density at radius 3 is 2.73 bits per heavy atom. The molecular formula is C18H26FN3O4. The van der Waals surface area contributed by atoms with E-state index in [1.54, 1.807) is 4.90 Å². The van der Waals surface area contributed by atoms with E-state index in [-0.39, 0.29) is 18.7 Å². The fourth-order valence-electron chi connectivity index (χ4n) is 3.52. The highest BCUT2D eigenvalue weighted by Crippen LogP contribution is 2.37. The van der Waals surface area contributed by atoms with Crippen LogP contribution >= 0.6 is 0 Å². The Hall–Kier alpha value is -2.09. The summed E-state index contributed by atoms with van der Waals surface area (Å²) in [6, 6.07) is 1.41. The van der Waals surface area contributed by atoms with Gasteiger partial charge >= 0.3 is 6.09 Å². The molecule has 8 heteroatoms. The standard InChI is InChI=1S/C18H26FN3O4/c1-18(2,3)26-17(24)21-12-4-6-13(7-5-12)22-14-8-11(19)9-20-16(14)25-10-15(22)23/h8-9,12-13,15,23H,4-7,10H2,1-3H3,(H,21,24). The summed E-state index contributed by atoms with van der Waals surface area (Å²) in [4.78, 5) is 17.7. The van der Waals surface area contributed by atoms with E-state index in [0.29, 0.717) is 11.6 Å². The van der Waals surface area contributed by atoms with Gasteiger partial charge in [0.05, 0.1) is 6.20 Å². The van der Waals surface area contributed by atoms with E-state index in [1.807, 2.05) is 20.8 Å². The van der Waals surface area contributed by atoms with E-state index in [2.05, 4.69) is 10.3 Å². The molecule has 1 amide bonds. The van der Waals surface area contributed by atoms with Crippen LogP contribution in [-0.2, 0) is 4.74 Å². The van der Waals surface area contributed by atoms with Gasteiger partial charge in [0, 0.05) is 18.2 Å². The molecule has 144 valence electrons. The number of carbonyl (C=O) groups excluding carboxylic acids is 1. The molecule has 1 unspecified atom stereocenters. The van der Waals surface area contributed by atoms with Crippen LogP contribution < -0.4 is 15.0 Å². The van der Waals surface area contributed by atoms with E-state index in [4.69, 9.17) is 9.47 Å². The summed E-state index contributed by atoms with van der Waals surface area (Å²) in [5, 5.41) is 13.3. The highest BCUT2D eigenvalue weighted by Gasteiger charge is 2.35. The van der Waals surface area contributed by atoms with Crippen LogP contribution in [0.15, 0.2) is 12.3 Å². The van der Waals surface area contributed by atoms with Gasteiger partial charge in [-0.2, -0.15) is 0 Å². The third-order valence-corrected chi connectivity index (χ3v) is 4.58. The molecule has 2 aliphatic rings. The molecule has 1 aliphatic carbocycles. The van der Waals surface area contributed by atoms with Crippen molar-refractivity contribution in [2.24, 2.45) is 0 Å². The molecule has 3 rings (SSSR count). The third-order valence-electron chi connectivity index (χ3n) is 4.58. The van der Waals surface area contributed by atoms with Gasteiger partial charge < -0.3 is 24.8 Å². The number of alkyl carbamates (subject to hydrolysis) is 1. The number of hydrogen-bond donors (Lipinski definition) is 2. The maximum atomic E-state index is 13.6. The van der Waals surface area contributed by atoms with Crippen LogP contribution in [0.25, 0.3) is 0 Å². The van der Waals surface area contributed by atoms with Crippen molar-refractivity contribution in [3.8, 4) is 5.88 Å². The lowest BCUT2D eigenvalue weighted by Crippen LogP contribution is -2.52. The van der Waals surface area contributed by atoms with Crippen molar-refractivity contribution in [3.05, 3.63) is 18.1 Å². The zero-order chi connectivity index (χ0) is 18.9. The van der Waals surface area contributed by atoms with E-state index < -0.39 is 23.7 Å². The largest absolute Gasteiger partial charge is 0.471 e. The second-order valence-corrected chi connectivity index (χ2v) is 7.83. The van der Waals surface area contributed by atoms with Gasteiger partial charge in [0.25, 0.3) is 0 Å². The molecule has 1 aromatic rings. The molecule has 1 saturated carbocycles. The molecule has 1 aromatic heterocycles. The van der Waals surface area contributed by atoms with Gasteiger partial charge in [-0.15, -0.1) is 0 Å². The van der Waals surface area contributed by atoms with E-state index >= 15 is 0 Å². The number of hydrogen-bond acceptors (Lipinski definition) is 6. The molecule has 1 aliphatic heterocycles. The van der Waals surface area contributed by atoms with Crippen LogP contribution in [0.1, 0.15) is 46.5 Å². The summed E-state index contributed by atoms with van der Waals surface area (Å²) in [5.41, 5.74) is -0.0488. The number of pyridine rings is 1. The number of carbonyl (C=O) groups is 1. The minimum atomic E-state index is -0.841. The van der Waals surface area contributed by atoms with E-state index in [0.717, 1.165) is 31.9 Å². The normalized spacial score (nSPS) is 25.9. The summed E-state index contributed by atoms with van der Waals surface area (Å²) >= 11 is 0. The van der Waals surface area contributed by atoms with Crippen LogP contribution in [0, 0.1) is 5.82 Å². The Balaban J connectivity index is 1.62. The molecule has 1 fully saturated rings. The van der Waals surface area contributed by atoms with Crippen molar-refractivity contribution >= 4 is 11.8 Å². The monoisotopic (exact) mass is 367 g/mol. The minimum Gasteiger partial charge on any atom is -0.471 e. The van der Waals surface area contributed by atoms with Gasteiger partial charge in [-0.1, -0.05) is 0 Å². The first kappa shape index (κ1) is 18.7. The molecule has 2 N–H and O–H groups in total. The Morgan fingerprint density at radius 2 is 2.08 bits per heavy atom. The quantitative estimate of drug-likeness (QED) is 0.836. The highest BCUT2D eigenvalue weighted by atomic mass is 19.1. The molecule has 0 spiro atoms. The second kappa shape index (κ2) is 7.26. The molecule has 0 aromatic carbocycles. The van der Waals surface area contributed by atoms with Crippen molar-refractivity contribution in [1.29, 1.82) is 0 Å². The summed E-state index contributed by atoms with van der Waals surface area (Å²) in [6.45, 7) is 5.58. The van der Waals surface area contributed by atoms with Crippen LogP contribution in [0.2, 0.25) is 0 Å². The first-order valence-electron chi connectivity index (χ1n) is 8.97. The highest BCUT2D eigenvalue weighted by molar-refractivity contribution is 5.68. The number of nitrogens with one attached hydrogen (secondary N) is 1. The lowest BCUT2D eigenvalue weighted by Gasteiger charge is -2.43. The molecule has 7 nitrogen and oxygen atoms in total.